The normalized spacial score (nSPS) is 13.7. The van der Waals surface area contributed by atoms with Crippen molar-refractivity contribution in [3.8, 4) is 11.5 Å². The van der Waals surface area contributed by atoms with Crippen molar-refractivity contribution in [2.75, 3.05) is 23.3 Å². The summed E-state index contributed by atoms with van der Waals surface area (Å²) in [5, 5.41) is 2.09. The number of hydrogen-bond acceptors (Lipinski definition) is 5. The Kier molecular flexibility index (Phi) is 6.36. The van der Waals surface area contributed by atoms with Gasteiger partial charge in [0.1, 0.15) is 11.6 Å². The lowest BCUT2D eigenvalue weighted by atomic mass is 10.1. The number of halogens is 5. The average Bonchev–Trinajstić information content (AvgIpc) is 3.43. The number of carbonyl (C=O) groups excluding carboxylic acids is 1. The molecule has 1 aromatic heterocycles. The van der Waals surface area contributed by atoms with Crippen LogP contribution in [0.25, 0.3) is 11.0 Å². The average molecular weight is 514 g/mol. The fourth-order valence-corrected chi connectivity index (χ4v) is 4.01. The predicted molar refractivity (Wildman–Crippen MR) is 127 cm³/mol. The molecule has 0 spiro atoms. The molecule has 5 rings (SSSR count). The SMILES string of the molecule is O=C(Nc1ccc(Oc2ccc3ncc(N4CCCC4)nc3c2)c(F)c1F)c1cccc(C(F)(F)F)c1. The summed E-state index contributed by atoms with van der Waals surface area (Å²) in [6, 6.07) is 10.5. The summed E-state index contributed by atoms with van der Waals surface area (Å²) in [4.78, 5) is 23.5. The van der Waals surface area contributed by atoms with Gasteiger partial charge in [-0.05, 0) is 55.3 Å². The third-order valence-electron chi connectivity index (χ3n) is 5.91. The van der Waals surface area contributed by atoms with Crippen LogP contribution in [0.15, 0.2) is 60.8 Å². The summed E-state index contributed by atoms with van der Waals surface area (Å²) in [5.41, 5.74) is -0.821. The van der Waals surface area contributed by atoms with Crippen LogP contribution in [0.1, 0.15) is 28.8 Å². The van der Waals surface area contributed by atoms with Gasteiger partial charge in [-0.1, -0.05) is 6.07 Å². The highest BCUT2D eigenvalue weighted by Crippen LogP contribution is 2.32. The van der Waals surface area contributed by atoms with Gasteiger partial charge in [0.05, 0.1) is 28.5 Å². The molecule has 1 saturated heterocycles. The fraction of sp³-hybridized carbons (Fsp3) is 0.192. The second-order valence-electron chi connectivity index (χ2n) is 8.45. The zero-order chi connectivity index (χ0) is 26.2. The van der Waals surface area contributed by atoms with E-state index in [-0.39, 0.29) is 11.3 Å². The molecule has 1 aliphatic heterocycles. The van der Waals surface area contributed by atoms with Gasteiger partial charge in [0.2, 0.25) is 5.82 Å². The minimum absolute atomic E-state index is 0.194. The van der Waals surface area contributed by atoms with Crippen LogP contribution in [0.4, 0.5) is 33.5 Å². The van der Waals surface area contributed by atoms with Crippen LogP contribution >= 0.6 is 0 Å². The Morgan fingerprint density at radius 3 is 2.49 bits per heavy atom. The van der Waals surface area contributed by atoms with Gasteiger partial charge < -0.3 is 15.0 Å². The van der Waals surface area contributed by atoms with E-state index in [0.29, 0.717) is 17.1 Å². The van der Waals surface area contributed by atoms with Crippen LogP contribution in [0.5, 0.6) is 11.5 Å². The van der Waals surface area contributed by atoms with Crippen molar-refractivity contribution in [1.82, 2.24) is 9.97 Å². The van der Waals surface area contributed by atoms with Crippen LogP contribution in [-0.2, 0) is 6.18 Å². The fourth-order valence-electron chi connectivity index (χ4n) is 4.01. The van der Waals surface area contributed by atoms with Crippen molar-refractivity contribution in [3.63, 3.8) is 0 Å². The van der Waals surface area contributed by atoms with Crippen LogP contribution in [0.3, 0.4) is 0 Å². The van der Waals surface area contributed by atoms with Crippen LogP contribution in [-0.4, -0.2) is 29.0 Å². The Morgan fingerprint density at radius 2 is 1.73 bits per heavy atom. The highest BCUT2D eigenvalue weighted by atomic mass is 19.4. The number of ether oxygens (including phenoxy) is 1. The molecule has 190 valence electrons. The molecule has 3 aromatic carbocycles. The van der Waals surface area contributed by atoms with Crippen LogP contribution < -0.4 is 15.0 Å². The number of nitrogens with one attached hydrogen (secondary N) is 1. The third kappa shape index (κ3) is 5.16. The Morgan fingerprint density at radius 1 is 0.946 bits per heavy atom. The van der Waals surface area contributed by atoms with Gasteiger partial charge in [-0.3, -0.25) is 9.78 Å². The van der Waals surface area contributed by atoms with E-state index in [1.807, 2.05) is 0 Å². The van der Waals surface area contributed by atoms with E-state index < -0.39 is 40.7 Å². The highest BCUT2D eigenvalue weighted by molar-refractivity contribution is 6.04. The summed E-state index contributed by atoms with van der Waals surface area (Å²) >= 11 is 0. The van der Waals surface area contributed by atoms with E-state index in [4.69, 9.17) is 4.74 Å². The van der Waals surface area contributed by atoms with Crippen molar-refractivity contribution < 1.29 is 31.5 Å². The molecule has 0 aliphatic carbocycles. The van der Waals surface area contributed by atoms with Gasteiger partial charge in [0.25, 0.3) is 5.91 Å². The summed E-state index contributed by atoms with van der Waals surface area (Å²) < 4.78 is 73.7. The molecule has 1 amide bonds. The van der Waals surface area contributed by atoms with Gasteiger partial charge >= 0.3 is 6.18 Å². The molecular formula is C26H19F5N4O2. The maximum absolute atomic E-state index is 14.8. The number of rotatable bonds is 5. The molecule has 0 saturated carbocycles. The Balaban J connectivity index is 1.35. The van der Waals surface area contributed by atoms with Crippen LogP contribution in [0.2, 0.25) is 0 Å². The van der Waals surface area contributed by atoms with Gasteiger partial charge in [0.15, 0.2) is 11.6 Å². The highest BCUT2D eigenvalue weighted by Gasteiger charge is 2.31. The molecule has 6 nitrogen and oxygen atoms in total. The largest absolute Gasteiger partial charge is 0.454 e. The summed E-state index contributed by atoms with van der Waals surface area (Å²) in [7, 11) is 0. The number of fused-ring (bicyclic) bond motifs is 1. The summed E-state index contributed by atoms with van der Waals surface area (Å²) in [5.74, 6) is -3.36. The van der Waals surface area contributed by atoms with E-state index >= 15 is 0 Å². The van der Waals surface area contributed by atoms with Crippen molar-refractivity contribution in [1.29, 1.82) is 0 Å². The number of nitrogens with zero attached hydrogens (tertiary/aromatic N) is 3. The van der Waals surface area contributed by atoms with Gasteiger partial charge in [0, 0.05) is 24.7 Å². The quantitative estimate of drug-likeness (QED) is 0.305. The van der Waals surface area contributed by atoms with Crippen molar-refractivity contribution >= 4 is 28.4 Å². The number of alkyl halides is 3. The number of anilines is 2. The number of benzene rings is 3. The Labute approximate surface area is 207 Å². The zero-order valence-corrected chi connectivity index (χ0v) is 19.1. The molecule has 37 heavy (non-hydrogen) atoms. The van der Waals surface area contributed by atoms with E-state index in [1.165, 1.54) is 6.07 Å². The standard InChI is InChI=1S/C26H19F5N4O2/c27-23-19(34-25(36)15-4-3-5-16(12-15)26(29,30)31)8-9-21(24(23)28)37-17-6-7-18-20(13-17)33-22(14-32-18)35-10-1-2-11-35/h3-9,12-14H,1-2,10-11H2,(H,34,36). The topological polar surface area (TPSA) is 67.3 Å². The summed E-state index contributed by atoms with van der Waals surface area (Å²) in [6.07, 6.45) is -0.819. The molecule has 1 aliphatic rings. The summed E-state index contributed by atoms with van der Waals surface area (Å²) in [6.45, 7) is 1.77. The molecule has 11 heteroatoms. The van der Waals surface area contributed by atoms with E-state index in [9.17, 15) is 26.7 Å². The lowest BCUT2D eigenvalue weighted by Crippen LogP contribution is -2.19. The van der Waals surface area contributed by atoms with Crippen LogP contribution in [0, 0.1) is 11.6 Å². The molecule has 2 heterocycles. The second-order valence-corrected chi connectivity index (χ2v) is 8.45. The molecule has 1 fully saturated rings. The number of carbonyl (C=O) groups is 1. The van der Waals surface area contributed by atoms with Crippen molar-refractivity contribution in [2.24, 2.45) is 0 Å². The van der Waals surface area contributed by atoms with E-state index in [2.05, 4.69) is 20.2 Å². The number of aromatic nitrogens is 2. The maximum atomic E-state index is 14.8. The van der Waals surface area contributed by atoms with Gasteiger partial charge in [-0.15, -0.1) is 0 Å². The molecule has 0 bridgehead atoms. The molecule has 0 atom stereocenters. The molecule has 4 aromatic rings. The second kappa shape index (κ2) is 9.64. The molecule has 0 radical (unpaired) electrons. The predicted octanol–water partition coefficient (Wildman–Crippen LogP) is 6.57. The zero-order valence-electron chi connectivity index (χ0n) is 19.1. The third-order valence-corrected chi connectivity index (χ3v) is 5.91. The van der Waals surface area contributed by atoms with Gasteiger partial charge in [-0.25, -0.2) is 9.37 Å². The van der Waals surface area contributed by atoms with E-state index in [1.54, 1.807) is 18.3 Å². The minimum atomic E-state index is -4.66. The lowest BCUT2D eigenvalue weighted by molar-refractivity contribution is -0.137. The van der Waals surface area contributed by atoms with Gasteiger partial charge in [-0.2, -0.15) is 17.6 Å². The van der Waals surface area contributed by atoms with Crippen molar-refractivity contribution in [2.45, 2.75) is 19.0 Å². The first-order valence-electron chi connectivity index (χ1n) is 11.4. The Hall–Kier alpha value is -4.28. The number of amides is 1. The van der Waals surface area contributed by atoms with Crippen molar-refractivity contribution in [3.05, 3.63) is 83.6 Å². The first kappa shape index (κ1) is 24.4. The molecular weight excluding hydrogens is 495 g/mol. The minimum Gasteiger partial charge on any atom is -0.454 e. The number of hydrogen-bond donors (Lipinski definition) is 1. The molecule has 1 N–H and O–H groups in total. The lowest BCUT2D eigenvalue weighted by Gasteiger charge is -2.16. The first-order valence-corrected chi connectivity index (χ1v) is 11.4. The maximum Gasteiger partial charge on any atom is 0.416 e. The van der Waals surface area contributed by atoms with E-state index in [0.717, 1.165) is 62.1 Å². The molecule has 0 unspecified atom stereocenters. The monoisotopic (exact) mass is 514 g/mol. The Bertz CT molecular complexity index is 1490. The first-order chi connectivity index (χ1) is 17.7. The smallest absolute Gasteiger partial charge is 0.416 e.